The van der Waals surface area contributed by atoms with Crippen LogP contribution in [0.25, 0.3) is 0 Å². The standard InChI is InChI=1S/C13H17N3S/c14-13(17)10-3-6-12(15-7-10)16(11-4-5-11)8-9-1-2-9/h3,6-7,9,11H,1-2,4-5,8H2,(H2,14,17). The Kier molecular flexibility index (Phi) is 2.74. The van der Waals surface area contributed by atoms with E-state index in [1.54, 1.807) is 6.20 Å². The highest BCUT2D eigenvalue weighted by Crippen LogP contribution is 2.36. The van der Waals surface area contributed by atoms with Crippen LogP contribution in [0.2, 0.25) is 0 Å². The average molecular weight is 247 g/mol. The molecule has 0 radical (unpaired) electrons. The number of nitrogens with two attached hydrogens (primary N) is 1. The maximum atomic E-state index is 5.58. The van der Waals surface area contributed by atoms with E-state index in [1.165, 1.54) is 32.2 Å². The third-order valence-electron chi connectivity index (χ3n) is 3.47. The molecule has 2 aliphatic rings. The molecule has 1 heterocycles. The van der Waals surface area contributed by atoms with E-state index in [2.05, 4.69) is 16.0 Å². The molecule has 0 unspecified atom stereocenters. The molecule has 0 spiro atoms. The zero-order valence-electron chi connectivity index (χ0n) is 9.80. The summed E-state index contributed by atoms with van der Waals surface area (Å²) in [4.78, 5) is 7.38. The second-order valence-corrected chi connectivity index (χ2v) is 5.54. The monoisotopic (exact) mass is 247 g/mol. The quantitative estimate of drug-likeness (QED) is 0.809. The van der Waals surface area contributed by atoms with Gasteiger partial charge in [-0.05, 0) is 43.7 Å². The molecule has 0 aliphatic heterocycles. The lowest BCUT2D eigenvalue weighted by Gasteiger charge is -2.23. The van der Waals surface area contributed by atoms with Crippen molar-refractivity contribution in [1.82, 2.24) is 4.98 Å². The van der Waals surface area contributed by atoms with Crippen molar-refractivity contribution >= 4 is 23.0 Å². The van der Waals surface area contributed by atoms with Gasteiger partial charge in [-0.15, -0.1) is 0 Å². The molecule has 2 fully saturated rings. The van der Waals surface area contributed by atoms with Crippen LogP contribution in [0.4, 0.5) is 5.82 Å². The first-order valence-electron chi connectivity index (χ1n) is 6.26. The predicted molar refractivity (Wildman–Crippen MR) is 73.2 cm³/mol. The van der Waals surface area contributed by atoms with Crippen molar-refractivity contribution in [2.24, 2.45) is 11.7 Å². The first-order valence-corrected chi connectivity index (χ1v) is 6.67. The summed E-state index contributed by atoms with van der Waals surface area (Å²) in [6, 6.07) is 4.75. The first-order chi connectivity index (χ1) is 8.24. The fraction of sp³-hybridized carbons (Fsp3) is 0.538. The van der Waals surface area contributed by atoms with E-state index in [4.69, 9.17) is 18.0 Å². The molecule has 0 aromatic carbocycles. The number of nitrogens with zero attached hydrogens (tertiary/aromatic N) is 2. The van der Waals surface area contributed by atoms with Gasteiger partial charge in [-0.1, -0.05) is 12.2 Å². The van der Waals surface area contributed by atoms with Gasteiger partial charge in [0.05, 0.1) is 0 Å². The summed E-state index contributed by atoms with van der Waals surface area (Å²) < 4.78 is 0. The molecule has 17 heavy (non-hydrogen) atoms. The molecule has 90 valence electrons. The first kappa shape index (κ1) is 11.0. The van der Waals surface area contributed by atoms with Crippen LogP contribution in [0, 0.1) is 5.92 Å². The van der Waals surface area contributed by atoms with Crippen molar-refractivity contribution in [1.29, 1.82) is 0 Å². The maximum absolute atomic E-state index is 5.58. The number of thiocarbonyl (C=S) groups is 1. The fourth-order valence-corrected chi connectivity index (χ4v) is 2.22. The summed E-state index contributed by atoms with van der Waals surface area (Å²) in [5, 5.41) is 0. The van der Waals surface area contributed by atoms with Crippen molar-refractivity contribution in [2.75, 3.05) is 11.4 Å². The van der Waals surface area contributed by atoms with Crippen LogP contribution in [-0.4, -0.2) is 22.6 Å². The Balaban J connectivity index is 1.77. The summed E-state index contributed by atoms with van der Waals surface area (Å²) in [5.41, 5.74) is 6.43. The molecule has 3 nitrogen and oxygen atoms in total. The summed E-state index contributed by atoms with van der Waals surface area (Å²) in [6.45, 7) is 1.17. The fourth-order valence-electron chi connectivity index (χ4n) is 2.10. The van der Waals surface area contributed by atoms with E-state index < -0.39 is 0 Å². The van der Waals surface area contributed by atoms with E-state index in [0.29, 0.717) is 4.99 Å². The van der Waals surface area contributed by atoms with Gasteiger partial charge in [0, 0.05) is 24.3 Å². The van der Waals surface area contributed by atoms with Crippen molar-refractivity contribution in [3.8, 4) is 0 Å². The maximum Gasteiger partial charge on any atom is 0.128 e. The van der Waals surface area contributed by atoms with Crippen LogP contribution in [0.5, 0.6) is 0 Å². The predicted octanol–water partition coefficient (Wildman–Crippen LogP) is 2.09. The molecule has 2 N–H and O–H groups in total. The van der Waals surface area contributed by atoms with E-state index in [0.717, 1.165) is 23.3 Å². The minimum atomic E-state index is 0.421. The zero-order chi connectivity index (χ0) is 11.8. The van der Waals surface area contributed by atoms with Crippen LogP contribution >= 0.6 is 12.2 Å². The Hall–Kier alpha value is -1.16. The molecule has 4 heteroatoms. The van der Waals surface area contributed by atoms with E-state index in [9.17, 15) is 0 Å². The summed E-state index contributed by atoms with van der Waals surface area (Å²) in [7, 11) is 0. The lowest BCUT2D eigenvalue weighted by atomic mass is 10.2. The molecule has 0 bridgehead atoms. The molecular formula is C13H17N3S. The van der Waals surface area contributed by atoms with Gasteiger partial charge in [0.1, 0.15) is 10.8 Å². The zero-order valence-corrected chi connectivity index (χ0v) is 10.6. The molecular weight excluding hydrogens is 230 g/mol. The average Bonchev–Trinajstić information content (AvgIpc) is 3.18. The number of aromatic nitrogens is 1. The third-order valence-corrected chi connectivity index (χ3v) is 3.70. The highest BCUT2D eigenvalue weighted by atomic mass is 32.1. The largest absolute Gasteiger partial charge is 0.389 e. The number of hydrogen-bond donors (Lipinski definition) is 1. The highest BCUT2D eigenvalue weighted by molar-refractivity contribution is 7.80. The minimum Gasteiger partial charge on any atom is -0.389 e. The molecule has 1 aromatic heterocycles. The lowest BCUT2D eigenvalue weighted by molar-refractivity contribution is 0.709. The van der Waals surface area contributed by atoms with E-state index in [1.807, 2.05) is 6.07 Å². The van der Waals surface area contributed by atoms with E-state index in [-0.39, 0.29) is 0 Å². The van der Waals surface area contributed by atoms with Gasteiger partial charge in [0.25, 0.3) is 0 Å². The van der Waals surface area contributed by atoms with Crippen molar-refractivity contribution in [3.63, 3.8) is 0 Å². The van der Waals surface area contributed by atoms with Gasteiger partial charge in [-0.25, -0.2) is 4.98 Å². The molecule has 0 atom stereocenters. The molecule has 2 saturated carbocycles. The number of pyridine rings is 1. The molecule has 0 amide bonds. The van der Waals surface area contributed by atoms with Gasteiger partial charge in [-0.2, -0.15) is 0 Å². The minimum absolute atomic E-state index is 0.421. The number of rotatable bonds is 5. The van der Waals surface area contributed by atoms with Crippen LogP contribution in [0.3, 0.4) is 0 Å². The van der Waals surface area contributed by atoms with E-state index >= 15 is 0 Å². The lowest BCUT2D eigenvalue weighted by Crippen LogP contribution is -2.29. The SMILES string of the molecule is NC(=S)c1ccc(N(CC2CC2)C2CC2)nc1. The smallest absolute Gasteiger partial charge is 0.128 e. The Labute approximate surface area is 107 Å². The van der Waals surface area contributed by atoms with Crippen LogP contribution < -0.4 is 10.6 Å². The van der Waals surface area contributed by atoms with Gasteiger partial charge in [-0.3, -0.25) is 0 Å². The summed E-state index contributed by atoms with van der Waals surface area (Å²) in [6.07, 6.45) is 7.18. The number of hydrogen-bond acceptors (Lipinski definition) is 3. The number of anilines is 1. The van der Waals surface area contributed by atoms with Crippen molar-refractivity contribution < 1.29 is 0 Å². The van der Waals surface area contributed by atoms with Crippen molar-refractivity contribution in [3.05, 3.63) is 23.9 Å². The molecule has 1 aromatic rings. The van der Waals surface area contributed by atoms with Crippen LogP contribution in [0.15, 0.2) is 18.3 Å². The topological polar surface area (TPSA) is 42.1 Å². The van der Waals surface area contributed by atoms with Gasteiger partial charge < -0.3 is 10.6 Å². The van der Waals surface area contributed by atoms with Gasteiger partial charge in [0.2, 0.25) is 0 Å². The third kappa shape index (κ3) is 2.57. The summed E-state index contributed by atoms with van der Waals surface area (Å²) >= 11 is 4.94. The normalized spacial score (nSPS) is 19.1. The van der Waals surface area contributed by atoms with Crippen LogP contribution in [-0.2, 0) is 0 Å². The van der Waals surface area contributed by atoms with Gasteiger partial charge >= 0.3 is 0 Å². The van der Waals surface area contributed by atoms with Gasteiger partial charge in [0.15, 0.2) is 0 Å². The van der Waals surface area contributed by atoms with Crippen LogP contribution in [0.1, 0.15) is 31.2 Å². The second kappa shape index (κ2) is 4.26. The summed E-state index contributed by atoms with van der Waals surface area (Å²) in [5.74, 6) is 1.98. The molecule has 0 saturated heterocycles. The molecule has 3 rings (SSSR count). The van der Waals surface area contributed by atoms with Crippen molar-refractivity contribution in [2.45, 2.75) is 31.7 Å². The Morgan fingerprint density at radius 3 is 2.59 bits per heavy atom. The Morgan fingerprint density at radius 2 is 2.12 bits per heavy atom. The highest BCUT2D eigenvalue weighted by Gasteiger charge is 2.34. The Morgan fingerprint density at radius 1 is 1.35 bits per heavy atom. The second-order valence-electron chi connectivity index (χ2n) is 5.10. The Bertz CT molecular complexity index is 421. The molecule has 2 aliphatic carbocycles.